The third-order valence-corrected chi connectivity index (χ3v) is 9.54. The minimum absolute atomic E-state index is 0.0653. The fraction of sp³-hybridized carbons (Fsp3) is 0.184. The van der Waals surface area contributed by atoms with Crippen LogP contribution >= 0.6 is 23.2 Å². The van der Waals surface area contributed by atoms with Crippen molar-refractivity contribution in [3.63, 3.8) is 0 Å². The van der Waals surface area contributed by atoms with E-state index in [2.05, 4.69) is 32.6 Å². The smallest absolute Gasteiger partial charge is 0.410 e. The van der Waals surface area contributed by atoms with Gasteiger partial charge in [-0.25, -0.2) is 13.6 Å². The molecule has 1 atom stereocenters. The number of nitrogens with zero attached hydrogens (tertiary/aromatic N) is 4. The molecule has 1 fully saturated rings. The highest BCUT2D eigenvalue weighted by molar-refractivity contribution is 6.36. The van der Waals surface area contributed by atoms with Crippen molar-refractivity contribution < 1.29 is 18.3 Å². The molecule has 52 heavy (non-hydrogen) atoms. The van der Waals surface area contributed by atoms with Crippen LogP contribution in [0.25, 0.3) is 10.9 Å². The Balaban J connectivity index is 1.12. The summed E-state index contributed by atoms with van der Waals surface area (Å²) in [5.41, 5.74) is 10.8. The molecule has 0 bridgehead atoms. The number of hydrogen-bond acceptors (Lipinski definition) is 9. The molecule has 1 aromatic heterocycles. The molecular formula is C38H32Cl2F2N8O2. The van der Waals surface area contributed by atoms with Crippen molar-refractivity contribution >= 4 is 57.3 Å². The number of carbonyl (C=O) groups is 1. The fourth-order valence-electron chi connectivity index (χ4n) is 6.30. The third kappa shape index (κ3) is 7.67. The maximum Gasteiger partial charge on any atom is 0.410 e. The normalized spacial score (nSPS) is 15.1. The molecule has 0 aliphatic carbocycles. The van der Waals surface area contributed by atoms with Crippen molar-refractivity contribution in [2.75, 3.05) is 23.7 Å². The van der Waals surface area contributed by atoms with Gasteiger partial charge in [-0.1, -0.05) is 65.7 Å². The zero-order chi connectivity index (χ0) is 36.2. The summed E-state index contributed by atoms with van der Waals surface area (Å²) in [7, 11) is 0. The van der Waals surface area contributed by atoms with E-state index in [1.54, 1.807) is 23.1 Å². The molecular weight excluding hydrogens is 709 g/mol. The average molecular weight is 742 g/mol. The van der Waals surface area contributed by atoms with Crippen LogP contribution in [0.5, 0.6) is 0 Å². The Hall–Kier alpha value is -5.61. The highest BCUT2D eigenvalue weighted by Crippen LogP contribution is 2.37. The van der Waals surface area contributed by atoms with Gasteiger partial charge in [-0.2, -0.15) is 5.26 Å². The quantitative estimate of drug-likeness (QED) is 0.118. The Kier molecular flexibility index (Phi) is 10.3. The van der Waals surface area contributed by atoms with E-state index in [0.717, 1.165) is 5.56 Å². The molecule has 264 valence electrons. The zero-order valence-electron chi connectivity index (χ0n) is 27.5. The number of aromatic nitrogens is 1. The van der Waals surface area contributed by atoms with E-state index in [1.807, 2.05) is 47.6 Å². The molecule has 1 saturated heterocycles. The lowest BCUT2D eigenvalue weighted by Gasteiger charge is -2.35. The number of carbonyl (C=O) groups excluding carboxylic acids is 1. The van der Waals surface area contributed by atoms with E-state index >= 15 is 0 Å². The van der Waals surface area contributed by atoms with E-state index in [4.69, 9.17) is 27.9 Å². The van der Waals surface area contributed by atoms with E-state index < -0.39 is 17.7 Å². The fourth-order valence-corrected chi connectivity index (χ4v) is 6.75. The van der Waals surface area contributed by atoms with Crippen LogP contribution in [0.1, 0.15) is 35.6 Å². The Morgan fingerprint density at radius 2 is 1.79 bits per heavy atom. The summed E-state index contributed by atoms with van der Waals surface area (Å²) in [6, 6.07) is 25.1. The number of nitrogens with one attached hydrogen (secondary N) is 4. The molecule has 5 aromatic rings. The molecule has 0 saturated carbocycles. The van der Waals surface area contributed by atoms with Gasteiger partial charge in [0.15, 0.2) is 0 Å². The van der Waals surface area contributed by atoms with E-state index in [-0.39, 0.29) is 29.3 Å². The van der Waals surface area contributed by atoms with Crippen molar-refractivity contribution in [2.24, 2.45) is 0 Å². The second-order valence-corrected chi connectivity index (χ2v) is 13.2. The van der Waals surface area contributed by atoms with Gasteiger partial charge in [0, 0.05) is 48.3 Å². The Labute approximate surface area is 308 Å². The number of anilines is 3. The van der Waals surface area contributed by atoms with E-state index in [1.165, 1.54) is 36.5 Å². The average Bonchev–Trinajstić information content (AvgIpc) is 3.65. The van der Waals surface area contributed by atoms with Crippen molar-refractivity contribution in [1.29, 1.82) is 5.26 Å². The van der Waals surface area contributed by atoms with E-state index in [0.29, 0.717) is 70.2 Å². The second-order valence-electron chi connectivity index (χ2n) is 12.4. The first-order valence-electron chi connectivity index (χ1n) is 16.5. The lowest BCUT2D eigenvalue weighted by Crippen LogP contribution is -2.49. The molecule has 3 heterocycles. The third-order valence-electron chi connectivity index (χ3n) is 8.97. The highest BCUT2D eigenvalue weighted by atomic mass is 35.5. The molecule has 2 aliphatic heterocycles. The Morgan fingerprint density at radius 1 is 1.00 bits per heavy atom. The number of fused-ring (bicyclic) bond motifs is 1. The summed E-state index contributed by atoms with van der Waals surface area (Å²) in [5.74, 6) is -0.971. The van der Waals surface area contributed by atoms with Gasteiger partial charge in [0.2, 0.25) is 0 Å². The number of rotatable bonds is 9. The molecule has 0 radical (unpaired) electrons. The molecule has 7 rings (SSSR count). The zero-order valence-corrected chi connectivity index (χ0v) is 29.1. The summed E-state index contributed by atoms with van der Waals surface area (Å²) < 4.78 is 34.0. The number of amides is 1. The standard InChI is InChI=1S/C38H32Cl2F2N8O2/c39-31-17-27(9-10-33(31)42)45-35-25(19-43)20-44-37-30(35)16-28(18-32(37)40)46-36(24-7-4-8-26(41)15-24)34-21-50(48-47-34)29-11-13-49(14-12-29)38(51)52-22-23-5-2-1-3-6-23/h1-10,15-18,20-21,29,36,46-48H,11-14,22H2,(H,44,45). The molecule has 4 aromatic carbocycles. The molecule has 1 amide bonds. The van der Waals surface area contributed by atoms with Gasteiger partial charge in [0.25, 0.3) is 0 Å². The minimum Gasteiger partial charge on any atom is -0.445 e. The largest absolute Gasteiger partial charge is 0.445 e. The number of pyridine rings is 1. The van der Waals surface area contributed by atoms with Gasteiger partial charge >= 0.3 is 6.09 Å². The van der Waals surface area contributed by atoms with Crippen LogP contribution < -0.4 is 21.6 Å². The SMILES string of the molecule is N#Cc1cnc2c(Cl)cc(NC(C3=CN(C4CCN(C(=O)OCc5ccccc5)CC4)NN3)c3cccc(F)c3)cc2c1Nc1ccc(F)c(Cl)c1. The van der Waals surface area contributed by atoms with Gasteiger partial charge in [0.1, 0.15) is 24.3 Å². The number of benzene rings is 4. The summed E-state index contributed by atoms with van der Waals surface area (Å²) in [5, 5.41) is 19.3. The van der Waals surface area contributed by atoms with Crippen LogP contribution in [0.2, 0.25) is 10.0 Å². The molecule has 2 aliphatic rings. The van der Waals surface area contributed by atoms with Gasteiger partial charge in [-0.05, 0) is 66.4 Å². The maximum absolute atomic E-state index is 14.6. The maximum atomic E-state index is 14.6. The first-order valence-corrected chi connectivity index (χ1v) is 17.2. The number of likely N-dealkylation sites (tertiary alicyclic amines) is 1. The van der Waals surface area contributed by atoms with Crippen LogP contribution in [0.15, 0.2) is 103 Å². The lowest BCUT2D eigenvalue weighted by atomic mass is 10.0. The van der Waals surface area contributed by atoms with Crippen LogP contribution in [-0.2, 0) is 11.3 Å². The topological polar surface area (TPSA) is 118 Å². The molecule has 1 unspecified atom stereocenters. The van der Waals surface area contributed by atoms with Crippen molar-refractivity contribution in [1.82, 2.24) is 25.9 Å². The number of nitriles is 1. The first-order chi connectivity index (χ1) is 25.2. The number of hydrazine groups is 2. The molecule has 14 heteroatoms. The molecule has 0 spiro atoms. The van der Waals surface area contributed by atoms with Crippen molar-refractivity contribution in [3.8, 4) is 6.07 Å². The Bertz CT molecular complexity index is 2190. The molecule has 10 nitrogen and oxygen atoms in total. The number of piperidine rings is 1. The number of halogens is 4. The number of ether oxygens (including phenoxy) is 1. The van der Waals surface area contributed by atoms with Gasteiger partial charge < -0.3 is 25.7 Å². The van der Waals surface area contributed by atoms with Crippen molar-refractivity contribution in [3.05, 3.63) is 141 Å². The van der Waals surface area contributed by atoms with Crippen LogP contribution in [0.4, 0.5) is 30.6 Å². The monoisotopic (exact) mass is 740 g/mol. The second kappa shape index (κ2) is 15.3. The van der Waals surface area contributed by atoms with Gasteiger partial charge in [-0.3, -0.25) is 9.99 Å². The summed E-state index contributed by atoms with van der Waals surface area (Å²) in [4.78, 5) is 18.9. The molecule has 4 N–H and O–H groups in total. The van der Waals surface area contributed by atoms with Gasteiger partial charge in [-0.15, -0.1) is 5.53 Å². The summed E-state index contributed by atoms with van der Waals surface area (Å²) in [6.07, 6.45) is 4.39. The van der Waals surface area contributed by atoms with Crippen LogP contribution in [0, 0.1) is 23.0 Å². The predicted molar refractivity (Wildman–Crippen MR) is 196 cm³/mol. The number of hydrogen-bond donors (Lipinski definition) is 4. The lowest BCUT2D eigenvalue weighted by molar-refractivity contribution is 0.0681. The van der Waals surface area contributed by atoms with E-state index in [9.17, 15) is 18.8 Å². The highest BCUT2D eigenvalue weighted by Gasteiger charge is 2.31. The predicted octanol–water partition coefficient (Wildman–Crippen LogP) is 8.56. The summed E-state index contributed by atoms with van der Waals surface area (Å²) in [6.45, 7) is 1.27. The van der Waals surface area contributed by atoms with Crippen molar-refractivity contribution in [2.45, 2.75) is 31.5 Å². The van der Waals surface area contributed by atoms with Gasteiger partial charge in [0.05, 0.1) is 38.6 Å². The van der Waals surface area contributed by atoms with Crippen LogP contribution in [-0.4, -0.2) is 40.1 Å². The van der Waals surface area contributed by atoms with Crippen LogP contribution in [0.3, 0.4) is 0 Å². The Morgan fingerprint density at radius 3 is 2.54 bits per heavy atom. The minimum atomic E-state index is -0.575. The summed E-state index contributed by atoms with van der Waals surface area (Å²) >= 11 is 12.8. The first kappa shape index (κ1) is 34.8.